The van der Waals surface area contributed by atoms with Crippen molar-refractivity contribution < 1.29 is 22.7 Å². The summed E-state index contributed by atoms with van der Waals surface area (Å²) in [6.07, 6.45) is 0.694. The average molecular weight is 411 g/mol. The van der Waals surface area contributed by atoms with E-state index in [1.165, 1.54) is 17.4 Å². The number of ether oxygens (including phenoxy) is 2. The average Bonchev–Trinajstić information content (AvgIpc) is 3.04. The highest BCUT2D eigenvalue weighted by Gasteiger charge is 2.24. The van der Waals surface area contributed by atoms with E-state index in [0.717, 1.165) is 10.6 Å². The van der Waals surface area contributed by atoms with Crippen molar-refractivity contribution in [3.05, 3.63) is 34.7 Å². The molecule has 1 aromatic carbocycles. The lowest BCUT2D eigenvalue weighted by Gasteiger charge is -2.28. The fraction of sp³-hybridized carbons (Fsp3) is 0.389. The molecule has 0 saturated carbocycles. The van der Waals surface area contributed by atoms with E-state index in [1.54, 1.807) is 25.1 Å². The van der Waals surface area contributed by atoms with Crippen LogP contribution in [0.1, 0.15) is 29.1 Å². The third-order valence-corrected chi connectivity index (χ3v) is 6.86. The maximum absolute atomic E-state index is 12.9. The van der Waals surface area contributed by atoms with Gasteiger partial charge in [-0.1, -0.05) is 6.92 Å². The first-order valence-electron chi connectivity index (χ1n) is 8.66. The van der Waals surface area contributed by atoms with Crippen LogP contribution in [0.4, 0.5) is 10.7 Å². The lowest BCUT2D eigenvalue weighted by atomic mass is 10.2. The number of carbonyl (C=O) groups is 1. The van der Waals surface area contributed by atoms with Crippen molar-refractivity contribution in [3.63, 3.8) is 0 Å². The van der Waals surface area contributed by atoms with Gasteiger partial charge in [-0.2, -0.15) is 0 Å². The molecule has 0 atom stereocenters. The molecule has 1 aliphatic heterocycles. The minimum atomic E-state index is -3.87. The number of likely N-dealkylation sites (N-methyl/N-ethyl adjacent to an activating group) is 1. The number of aryl methyl sites for hydroxylation is 1. The summed E-state index contributed by atoms with van der Waals surface area (Å²) in [7, 11) is -1.98. The van der Waals surface area contributed by atoms with Crippen LogP contribution in [0.3, 0.4) is 0 Å². The Morgan fingerprint density at radius 2 is 2.11 bits per heavy atom. The number of hydrogen-bond acceptors (Lipinski definition) is 7. The molecule has 0 aliphatic carbocycles. The Morgan fingerprint density at radius 3 is 2.81 bits per heavy atom. The summed E-state index contributed by atoms with van der Waals surface area (Å²) >= 11 is 1.24. The van der Waals surface area contributed by atoms with Gasteiger partial charge in [0.1, 0.15) is 17.4 Å². The van der Waals surface area contributed by atoms with Crippen LogP contribution in [0, 0.1) is 0 Å². The number of thiophene rings is 1. The van der Waals surface area contributed by atoms with Gasteiger partial charge in [0.05, 0.1) is 29.3 Å². The van der Waals surface area contributed by atoms with Gasteiger partial charge < -0.3 is 14.4 Å². The van der Waals surface area contributed by atoms with Gasteiger partial charge in [-0.25, -0.2) is 13.2 Å². The summed E-state index contributed by atoms with van der Waals surface area (Å²) in [5.41, 5.74) is 0.954. The molecule has 9 heteroatoms. The van der Waals surface area contributed by atoms with E-state index in [2.05, 4.69) is 4.72 Å². The summed E-state index contributed by atoms with van der Waals surface area (Å²) in [5, 5.41) is 0.271. The Labute approximate surface area is 163 Å². The normalized spacial score (nSPS) is 13.7. The smallest absolute Gasteiger partial charge is 0.341 e. The van der Waals surface area contributed by atoms with Gasteiger partial charge in [0.25, 0.3) is 10.0 Å². The number of esters is 1. The number of rotatable bonds is 6. The van der Waals surface area contributed by atoms with Gasteiger partial charge in [-0.05, 0) is 37.6 Å². The van der Waals surface area contributed by atoms with E-state index in [1.807, 2.05) is 18.9 Å². The molecule has 0 unspecified atom stereocenters. The van der Waals surface area contributed by atoms with E-state index < -0.39 is 16.0 Å². The SMILES string of the molecule is CCOC(=O)c1cc(CC)sc1NS(=O)(=O)c1ccc2c(c1)N(C)CCO2. The van der Waals surface area contributed by atoms with Crippen LogP contribution in [0.15, 0.2) is 29.2 Å². The van der Waals surface area contributed by atoms with E-state index in [4.69, 9.17) is 9.47 Å². The molecule has 1 aromatic heterocycles. The summed E-state index contributed by atoms with van der Waals surface area (Å²) in [6.45, 7) is 5.12. The molecule has 3 rings (SSSR count). The molecule has 0 fully saturated rings. The molecule has 27 heavy (non-hydrogen) atoms. The molecule has 146 valence electrons. The fourth-order valence-electron chi connectivity index (χ4n) is 2.73. The predicted molar refractivity (Wildman–Crippen MR) is 106 cm³/mol. The molecular weight excluding hydrogens is 388 g/mol. The number of sulfonamides is 1. The quantitative estimate of drug-likeness (QED) is 0.737. The van der Waals surface area contributed by atoms with E-state index in [0.29, 0.717) is 25.3 Å². The van der Waals surface area contributed by atoms with Crippen molar-refractivity contribution in [1.82, 2.24) is 0 Å². The van der Waals surface area contributed by atoms with Crippen molar-refractivity contribution >= 4 is 38.0 Å². The Balaban J connectivity index is 1.94. The lowest BCUT2D eigenvalue weighted by Crippen LogP contribution is -2.29. The van der Waals surface area contributed by atoms with Gasteiger partial charge in [0.15, 0.2) is 0 Å². The first kappa shape index (κ1) is 19.5. The zero-order chi connectivity index (χ0) is 19.6. The third-order valence-electron chi connectivity index (χ3n) is 4.19. The number of fused-ring (bicyclic) bond motifs is 1. The molecular formula is C18H22N2O5S2. The molecule has 1 aliphatic rings. The van der Waals surface area contributed by atoms with Gasteiger partial charge in [-0.15, -0.1) is 11.3 Å². The molecule has 0 amide bonds. The maximum atomic E-state index is 12.9. The summed E-state index contributed by atoms with van der Waals surface area (Å²) in [5.74, 6) is 0.115. The molecule has 0 saturated heterocycles. The minimum absolute atomic E-state index is 0.111. The molecule has 0 spiro atoms. The third kappa shape index (κ3) is 4.03. The second-order valence-electron chi connectivity index (χ2n) is 6.03. The van der Waals surface area contributed by atoms with Crippen LogP contribution >= 0.6 is 11.3 Å². The standard InChI is InChI=1S/C18H22N2O5S2/c1-4-12-10-14(18(21)24-5-2)17(26-12)19-27(22,23)13-6-7-16-15(11-13)20(3)8-9-25-16/h6-7,10-11,19H,4-5,8-9H2,1-3H3. The fourth-order valence-corrected chi connectivity index (χ4v) is 5.05. The second-order valence-corrected chi connectivity index (χ2v) is 8.85. The zero-order valence-electron chi connectivity index (χ0n) is 15.4. The van der Waals surface area contributed by atoms with Crippen molar-refractivity contribution in [2.45, 2.75) is 25.2 Å². The molecule has 1 N–H and O–H groups in total. The van der Waals surface area contributed by atoms with E-state index in [-0.39, 0.29) is 22.1 Å². The highest BCUT2D eigenvalue weighted by molar-refractivity contribution is 7.93. The monoisotopic (exact) mass is 410 g/mol. The second kappa shape index (κ2) is 7.77. The molecule has 0 bridgehead atoms. The Bertz CT molecular complexity index is 953. The first-order chi connectivity index (χ1) is 12.9. The lowest BCUT2D eigenvalue weighted by molar-refractivity contribution is 0.0528. The molecule has 7 nitrogen and oxygen atoms in total. The van der Waals surface area contributed by atoms with Crippen LogP contribution in [0.5, 0.6) is 5.75 Å². The van der Waals surface area contributed by atoms with Crippen LogP contribution in [-0.4, -0.2) is 41.2 Å². The summed E-state index contributed by atoms with van der Waals surface area (Å²) < 4.78 is 39.0. The van der Waals surface area contributed by atoms with Crippen LogP contribution in [0.2, 0.25) is 0 Å². The summed E-state index contributed by atoms with van der Waals surface area (Å²) in [4.78, 5) is 15.1. The zero-order valence-corrected chi connectivity index (χ0v) is 17.1. The Hall–Kier alpha value is -2.26. The highest BCUT2D eigenvalue weighted by Crippen LogP contribution is 2.35. The maximum Gasteiger partial charge on any atom is 0.341 e. The minimum Gasteiger partial charge on any atom is -0.490 e. The van der Waals surface area contributed by atoms with Gasteiger partial charge in [0.2, 0.25) is 0 Å². The molecule has 2 aromatic rings. The topological polar surface area (TPSA) is 84.9 Å². The van der Waals surface area contributed by atoms with E-state index >= 15 is 0 Å². The van der Waals surface area contributed by atoms with Crippen molar-refractivity contribution in [3.8, 4) is 5.75 Å². The predicted octanol–water partition coefficient (Wildman–Crippen LogP) is 3.12. The van der Waals surface area contributed by atoms with Crippen molar-refractivity contribution in [1.29, 1.82) is 0 Å². The van der Waals surface area contributed by atoms with Crippen LogP contribution in [0.25, 0.3) is 0 Å². The molecule has 2 heterocycles. The first-order valence-corrected chi connectivity index (χ1v) is 11.0. The Kier molecular flexibility index (Phi) is 5.61. The number of anilines is 2. The van der Waals surface area contributed by atoms with Crippen molar-refractivity contribution in [2.24, 2.45) is 0 Å². The Morgan fingerprint density at radius 1 is 1.33 bits per heavy atom. The number of hydrogen-bond donors (Lipinski definition) is 1. The van der Waals surface area contributed by atoms with Crippen LogP contribution < -0.4 is 14.4 Å². The van der Waals surface area contributed by atoms with Gasteiger partial charge in [-0.3, -0.25) is 4.72 Å². The van der Waals surface area contributed by atoms with Crippen molar-refractivity contribution in [2.75, 3.05) is 36.4 Å². The highest BCUT2D eigenvalue weighted by atomic mass is 32.2. The van der Waals surface area contributed by atoms with Gasteiger partial charge >= 0.3 is 5.97 Å². The van der Waals surface area contributed by atoms with Crippen LogP contribution in [-0.2, 0) is 21.2 Å². The number of carbonyl (C=O) groups excluding carboxylic acids is 1. The number of benzene rings is 1. The molecule has 0 radical (unpaired) electrons. The van der Waals surface area contributed by atoms with E-state index in [9.17, 15) is 13.2 Å². The number of nitrogens with zero attached hydrogens (tertiary/aromatic N) is 1. The summed E-state index contributed by atoms with van der Waals surface area (Å²) in [6, 6.07) is 6.40. The van der Waals surface area contributed by atoms with Gasteiger partial charge in [0, 0.05) is 11.9 Å². The largest absolute Gasteiger partial charge is 0.490 e. The number of nitrogens with one attached hydrogen (secondary N) is 1.